The molecule has 3 aromatic rings. The van der Waals surface area contributed by atoms with E-state index < -0.39 is 0 Å². The number of ether oxygens (including phenoxy) is 1. The molecule has 10 heteroatoms. The van der Waals surface area contributed by atoms with Gasteiger partial charge in [0.1, 0.15) is 12.4 Å². The van der Waals surface area contributed by atoms with Crippen molar-refractivity contribution in [1.29, 1.82) is 0 Å². The summed E-state index contributed by atoms with van der Waals surface area (Å²) in [4.78, 5) is 12.4. The smallest absolute Gasteiger partial charge is 0.234 e. The number of hydrogen-bond donors (Lipinski definition) is 1. The van der Waals surface area contributed by atoms with Gasteiger partial charge in [-0.05, 0) is 42.8 Å². The molecule has 162 valence electrons. The van der Waals surface area contributed by atoms with Crippen LogP contribution in [0.5, 0.6) is 5.75 Å². The number of carbonyl (C=O) groups is 1. The lowest BCUT2D eigenvalue weighted by atomic mass is 10.2. The first kappa shape index (κ1) is 23.7. The van der Waals surface area contributed by atoms with Crippen molar-refractivity contribution in [3.8, 4) is 5.75 Å². The average Bonchev–Trinajstić information content (AvgIpc) is 3.11. The molecule has 1 aromatic heterocycles. The molecule has 0 unspecified atom stereocenters. The van der Waals surface area contributed by atoms with Gasteiger partial charge in [0.05, 0.1) is 21.5 Å². The third-order valence-electron chi connectivity index (χ3n) is 4.09. The predicted molar refractivity (Wildman–Crippen MR) is 129 cm³/mol. The monoisotopic (exact) mass is 540 g/mol. The molecule has 31 heavy (non-hydrogen) atoms. The van der Waals surface area contributed by atoms with Crippen molar-refractivity contribution in [1.82, 2.24) is 14.8 Å². The lowest BCUT2D eigenvalue weighted by molar-refractivity contribution is -0.113. The van der Waals surface area contributed by atoms with Crippen LogP contribution in [-0.4, -0.2) is 26.4 Å². The normalized spacial score (nSPS) is 10.7. The summed E-state index contributed by atoms with van der Waals surface area (Å²) in [6.07, 6.45) is 1.73. The molecule has 0 aliphatic rings. The van der Waals surface area contributed by atoms with Crippen molar-refractivity contribution >= 4 is 62.5 Å². The molecule has 1 N–H and O–H groups in total. The summed E-state index contributed by atoms with van der Waals surface area (Å²) in [5.41, 5.74) is 1.59. The highest BCUT2D eigenvalue weighted by Gasteiger charge is 2.15. The molecule has 0 bridgehead atoms. The molecule has 1 amide bonds. The summed E-state index contributed by atoms with van der Waals surface area (Å²) >= 11 is 17.0. The van der Waals surface area contributed by atoms with Crippen LogP contribution in [0.25, 0.3) is 0 Å². The topological polar surface area (TPSA) is 69.0 Å². The number of halogens is 3. The van der Waals surface area contributed by atoms with Gasteiger partial charge in [0, 0.05) is 11.0 Å². The second-order valence-electron chi connectivity index (χ2n) is 6.48. The highest BCUT2D eigenvalue weighted by molar-refractivity contribution is 9.10. The number of anilines is 1. The van der Waals surface area contributed by atoms with E-state index >= 15 is 0 Å². The lowest BCUT2D eigenvalue weighted by Gasteiger charge is -2.11. The SMILES string of the molecule is C=CCn1c(COc2cc(C)ccc2Cl)nnc1SCC(=O)Nc1ccc(Br)cc1Cl. The van der Waals surface area contributed by atoms with Crippen LogP contribution in [-0.2, 0) is 17.9 Å². The number of allylic oxidation sites excluding steroid dienone is 1. The molecule has 0 aliphatic carbocycles. The largest absolute Gasteiger partial charge is 0.484 e. The summed E-state index contributed by atoms with van der Waals surface area (Å²) in [6.45, 7) is 6.41. The number of rotatable bonds is 9. The Kier molecular flexibility index (Phi) is 8.43. The second-order valence-corrected chi connectivity index (χ2v) is 9.15. The average molecular weight is 542 g/mol. The fourth-order valence-corrected chi connectivity index (χ4v) is 4.28. The molecule has 0 saturated heterocycles. The van der Waals surface area contributed by atoms with E-state index in [1.54, 1.807) is 24.3 Å². The van der Waals surface area contributed by atoms with Gasteiger partial charge in [-0.25, -0.2) is 0 Å². The quantitative estimate of drug-likeness (QED) is 0.260. The number of hydrogen-bond acceptors (Lipinski definition) is 5. The predicted octanol–water partition coefficient (Wildman–Crippen LogP) is 6.15. The van der Waals surface area contributed by atoms with Gasteiger partial charge in [-0.2, -0.15) is 0 Å². The summed E-state index contributed by atoms with van der Waals surface area (Å²) in [6, 6.07) is 10.8. The van der Waals surface area contributed by atoms with Crippen molar-refractivity contribution in [2.45, 2.75) is 25.2 Å². The lowest BCUT2D eigenvalue weighted by Crippen LogP contribution is -2.15. The first-order valence-corrected chi connectivity index (χ1v) is 11.7. The number of thioether (sulfide) groups is 1. The van der Waals surface area contributed by atoms with Crippen molar-refractivity contribution in [2.75, 3.05) is 11.1 Å². The summed E-state index contributed by atoms with van der Waals surface area (Å²) in [5, 5.41) is 12.8. The Morgan fingerprint density at radius 1 is 1.26 bits per heavy atom. The van der Waals surface area contributed by atoms with E-state index in [9.17, 15) is 4.79 Å². The van der Waals surface area contributed by atoms with Gasteiger partial charge in [-0.3, -0.25) is 9.36 Å². The first-order chi connectivity index (χ1) is 14.9. The number of aryl methyl sites for hydroxylation is 1. The Labute approximate surface area is 203 Å². The zero-order valence-corrected chi connectivity index (χ0v) is 20.5. The standard InChI is InChI=1S/C21H19BrCl2N4O2S/c1-3-8-28-19(11-30-18-9-13(2)4-6-15(18)23)26-27-21(28)31-12-20(29)25-17-7-5-14(22)10-16(17)24/h3-7,9-10H,1,8,11-12H2,2H3,(H,25,29). The van der Waals surface area contributed by atoms with E-state index in [4.69, 9.17) is 27.9 Å². The molecule has 2 aromatic carbocycles. The summed E-state index contributed by atoms with van der Waals surface area (Å²) < 4.78 is 8.52. The Hall–Kier alpha value is -2.00. The molecule has 1 heterocycles. The van der Waals surface area contributed by atoms with Crippen LogP contribution in [0.15, 0.2) is 58.7 Å². The van der Waals surface area contributed by atoms with Crippen molar-refractivity contribution in [2.24, 2.45) is 0 Å². The molecule has 0 atom stereocenters. The second kappa shape index (κ2) is 11.0. The van der Waals surface area contributed by atoms with Crippen LogP contribution in [0, 0.1) is 6.92 Å². The minimum Gasteiger partial charge on any atom is -0.484 e. The molecular formula is C21H19BrCl2N4O2S. The van der Waals surface area contributed by atoms with Gasteiger partial charge in [0.2, 0.25) is 5.91 Å². The van der Waals surface area contributed by atoms with Gasteiger partial charge < -0.3 is 10.1 Å². The maximum atomic E-state index is 12.4. The molecule has 0 spiro atoms. The van der Waals surface area contributed by atoms with Gasteiger partial charge in [0.15, 0.2) is 11.0 Å². The van der Waals surface area contributed by atoms with Gasteiger partial charge in [0.25, 0.3) is 0 Å². The van der Waals surface area contributed by atoms with Crippen molar-refractivity contribution < 1.29 is 9.53 Å². The Morgan fingerprint density at radius 2 is 2.06 bits per heavy atom. The fourth-order valence-electron chi connectivity index (χ4n) is 2.62. The Balaban J connectivity index is 1.64. The Morgan fingerprint density at radius 3 is 2.81 bits per heavy atom. The zero-order valence-electron chi connectivity index (χ0n) is 16.6. The molecule has 0 saturated carbocycles. The molecule has 0 aliphatic heterocycles. The number of nitrogens with zero attached hydrogens (tertiary/aromatic N) is 3. The molecule has 3 rings (SSSR count). The number of carbonyl (C=O) groups excluding carboxylic acids is 1. The maximum Gasteiger partial charge on any atom is 0.234 e. The highest BCUT2D eigenvalue weighted by Crippen LogP contribution is 2.28. The summed E-state index contributed by atoms with van der Waals surface area (Å²) in [5.74, 6) is 1.13. The van der Waals surface area contributed by atoms with Crippen LogP contribution in [0.3, 0.4) is 0 Å². The third-order valence-corrected chi connectivity index (χ3v) is 6.17. The third kappa shape index (κ3) is 6.49. The molecule has 0 radical (unpaired) electrons. The van der Waals surface area contributed by atoms with Crippen LogP contribution >= 0.6 is 50.9 Å². The van der Waals surface area contributed by atoms with Gasteiger partial charge >= 0.3 is 0 Å². The van der Waals surface area contributed by atoms with E-state index in [-0.39, 0.29) is 18.3 Å². The number of aromatic nitrogens is 3. The first-order valence-electron chi connectivity index (χ1n) is 9.17. The number of nitrogens with one attached hydrogen (secondary N) is 1. The number of amides is 1. The van der Waals surface area contributed by atoms with E-state index in [2.05, 4.69) is 38.0 Å². The van der Waals surface area contributed by atoms with Crippen molar-refractivity contribution in [3.63, 3.8) is 0 Å². The van der Waals surface area contributed by atoms with Crippen LogP contribution in [0.4, 0.5) is 5.69 Å². The van der Waals surface area contributed by atoms with Crippen molar-refractivity contribution in [3.05, 3.63) is 75.0 Å². The van der Waals surface area contributed by atoms with Crippen LogP contribution in [0.2, 0.25) is 10.0 Å². The minimum absolute atomic E-state index is 0.145. The van der Waals surface area contributed by atoms with Crippen LogP contribution in [0.1, 0.15) is 11.4 Å². The van der Waals surface area contributed by atoms with E-state index in [0.29, 0.717) is 39.0 Å². The van der Waals surface area contributed by atoms with Gasteiger partial charge in [-0.1, -0.05) is 63.0 Å². The van der Waals surface area contributed by atoms with E-state index in [0.717, 1.165) is 10.0 Å². The van der Waals surface area contributed by atoms with E-state index in [1.807, 2.05) is 29.7 Å². The molecular weight excluding hydrogens is 523 g/mol. The zero-order chi connectivity index (χ0) is 22.4. The number of benzene rings is 2. The van der Waals surface area contributed by atoms with Crippen LogP contribution < -0.4 is 10.1 Å². The molecule has 6 nitrogen and oxygen atoms in total. The minimum atomic E-state index is -0.202. The Bertz CT molecular complexity index is 1110. The highest BCUT2D eigenvalue weighted by atomic mass is 79.9. The van der Waals surface area contributed by atoms with Gasteiger partial charge in [-0.15, -0.1) is 16.8 Å². The molecule has 0 fully saturated rings. The fraction of sp³-hybridized carbons (Fsp3) is 0.190. The van der Waals surface area contributed by atoms with E-state index in [1.165, 1.54) is 11.8 Å². The summed E-state index contributed by atoms with van der Waals surface area (Å²) in [7, 11) is 0. The maximum absolute atomic E-state index is 12.4.